The van der Waals surface area contributed by atoms with Crippen molar-refractivity contribution >= 4 is 11.8 Å². The molecule has 1 aromatic rings. The molecule has 2 aliphatic rings. The normalized spacial score (nSPS) is 29.9. The molecule has 0 radical (unpaired) electrons. The van der Waals surface area contributed by atoms with Crippen LogP contribution in [0.1, 0.15) is 42.9 Å². The maximum Gasteiger partial charge on any atom is 0.0462 e. The SMILES string of the molecule is OCC1CCCCC1CNC1CSCc2ccccc21. The topological polar surface area (TPSA) is 32.3 Å². The molecule has 1 saturated carbocycles. The Morgan fingerprint density at radius 2 is 1.95 bits per heavy atom. The first-order valence-electron chi connectivity index (χ1n) is 7.88. The predicted octanol–water partition coefficient (Wildman–Crippen LogP) is 3.36. The fourth-order valence-electron chi connectivity index (χ4n) is 3.64. The van der Waals surface area contributed by atoms with Crippen molar-refractivity contribution in [3.05, 3.63) is 35.4 Å². The van der Waals surface area contributed by atoms with E-state index < -0.39 is 0 Å². The van der Waals surface area contributed by atoms with Crippen LogP contribution in [0.15, 0.2) is 24.3 Å². The number of nitrogens with one attached hydrogen (secondary N) is 1. The Balaban J connectivity index is 1.61. The average Bonchev–Trinajstić information content (AvgIpc) is 2.53. The quantitative estimate of drug-likeness (QED) is 0.892. The third-order valence-corrected chi connectivity index (χ3v) is 5.98. The Kier molecular flexibility index (Phi) is 5.03. The van der Waals surface area contributed by atoms with Gasteiger partial charge in [0.25, 0.3) is 0 Å². The van der Waals surface area contributed by atoms with Gasteiger partial charge in [-0.3, -0.25) is 0 Å². The van der Waals surface area contributed by atoms with E-state index in [1.54, 1.807) is 0 Å². The number of aliphatic hydroxyl groups excluding tert-OH is 1. The third kappa shape index (κ3) is 3.21. The maximum absolute atomic E-state index is 9.52. The zero-order valence-electron chi connectivity index (χ0n) is 12.1. The van der Waals surface area contributed by atoms with E-state index in [1.165, 1.54) is 42.6 Å². The van der Waals surface area contributed by atoms with Crippen LogP contribution in [0.25, 0.3) is 0 Å². The van der Waals surface area contributed by atoms with E-state index in [0.29, 0.717) is 24.5 Å². The molecule has 0 aromatic heterocycles. The standard InChI is InChI=1S/C17H25NOS/c19-10-14-6-2-1-5-13(14)9-18-17-12-20-11-15-7-3-4-8-16(15)17/h3-4,7-8,13-14,17-19H,1-2,5-6,9-12H2. The van der Waals surface area contributed by atoms with Gasteiger partial charge in [0.05, 0.1) is 0 Å². The van der Waals surface area contributed by atoms with Gasteiger partial charge in [-0.1, -0.05) is 37.1 Å². The molecule has 3 rings (SSSR count). The van der Waals surface area contributed by atoms with Crippen molar-refractivity contribution in [2.75, 3.05) is 18.9 Å². The average molecular weight is 291 g/mol. The fraction of sp³-hybridized carbons (Fsp3) is 0.647. The van der Waals surface area contributed by atoms with Crippen molar-refractivity contribution in [2.45, 2.75) is 37.5 Å². The highest BCUT2D eigenvalue weighted by Gasteiger charge is 2.26. The molecule has 1 aliphatic heterocycles. The minimum Gasteiger partial charge on any atom is -0.396 e. The second-order valence-corrected chi connectivity index (χ2v) is 7.19. The summed E-state index contributed by atoms with van der Waals surface area (Å²) >= 11 is 2.03. The molecule has 2 nitrogen and oxygen atoms in total. The third-order valence-electron chi connectivity index (χ3n) is 4.90. The number of hydrogen-bond acceptors (Lipinski definition) is 3. The molecule has 3 heteroatoms. The van der Waals surface area contributed by atoms with Crippen LogP contribution < -0.4 is 5.32 Å². The Labute approximate surface area is 126 Å². The van der Waals surface area contributed by atoms with Crippen molar-refractivity contribution in [3.8, 4) is 0 Å². The van der Waals surface area contributed by atoms with Crippen molar-refractivity contribution in [1.82, 2.24) is 5.32 Å². The molecular formula is C17H25NOS. The number of fused-ring (bicyclic) bond motifs is 1. The summed E-state index contributed by atoms with van der Waals surface area (Å²) in [5.74, 6) is 3.50. The van der Waals surface area contributed by atoms with Gasteiger partial charge in [-0.25, -0.2) is 0 Å². The summed E-state index contributed by atoms with van der Waals surface area (Å²) in [6, 6.07) is 9.32. The van der Waals surface area contributed by atoms with Crippen molar-refractivity contribution in [3.63, 3.8) is 0 Å². The number of aliphatic hydroxyl groups is 1. The van der Waals surface area contributed by atoms with Crippen LogP contribution >= 0.6 is 11.8 Å². The molecule has 110 valence electrons. The maximum atomic E-state index is 9.52. The van der Waals surface area contributed by atoms with Crippen LogP contribution in [0.5, 0.6) is 0 Å². The van der Waals surface area contributed by atoms with Crippen LogP contribution in [-0.4, -0.2) is 24.0 Å². The van der Waals surface area contributed by atoms with Crippen LogP contribution in [0.4, 0.5) is 0 Å². The summed E-state index contributed by atoms with van der Waals surface area (Å²) in [4.78, 5) is 0. The predicted molar refractivity (Wildman–Crippen MR) is 85.9 cm³/mol. The van der Waals surface area contributed by atoms with E-state index in [1.807, 2.05) is 11.8 Å². The summed E-state index contributed by atoms with van der Waals surface area (Å²) in [6.07, 6.45) is 5.11. The Morgan fingerprint density at radius 1 is 1.15 bits per heavy atom. The lowest BCUT2D eigenvalue weighted by atomic mass is 9.79. The lowest BCUT2D eigenvalue weighted by Crippen LogP contribution is -2.36. The number of hydrogen-bond donors (Lipinski definition) is 2. The highest BCUT2D eigenvalue weighted by atomic mass is 32.2. The first kappa shape index (κ1) is 14.4. The number of thioether (sulfide) groups is 1. The van der Waals surface area contributed by atoms with E-state index in [0.717, 1.165) is 12.3 Å². The fourth-order valence-corrected chi connectivity index (χ4v) is 4.77. The monoisotopic (exact) mass is 291 g/mol. The van der Waals surface area contributed by atoms with Crippen LogP contribution in [0.2, 0.25) is 0 Å². The van der Waals surface area contributed by atoms with Gasteiger partial charge in [-0.2, -0.15) is 11.8 Å². The summed E-state index contributed by atoms with van der Waals surface area (Å²) in [6.45, 7) is 1.42. The summed E-state index contributed by atoms with van der Waals surface area (Å²) in [7, 11) is 0. The van der Waals surface area contributed by atoms with Crippen molar-refractivity contribution < 1.29 is 5.11 Å². The second-order valence-electron chi connectivity index (χ2n) is 6.16. The van der Waals surface area contributed by atoms with E-state index in [9.17, 15) is 5.11 Å². The van der Waals surface area contributed by atoms with E-state index in [-0.39, 0.29) is 0 Å². The van der Waals surface area contributed by atoms with Gasteiger partial charge in [0.15, 0.2) is 0 Å². The summed E-state index contributed by atoms with van der Waals surface area (Å²) in [5.41, 5.74) is 2.98. The minimum absolute atomic E-state index is 0.363. The van der Waals surface area contributed by atoms with Crippen LogP contribution in [0.3, 0.4) is 0 Å². The Bertz CT molecular complexity index is 437. The molecule has 1 aliphatic carbocycles. The van der Waals surface area contributed by atoms with Crippen molar-refractivity contribution in [1.29, 1.82) is 0 Å². The summed E-state index contributed by atoms with van der Waals surface area (Å²) < 4.78 is 0. The first-order chi connectivity index (χ1) is 9.88. The van der Waals surface area contributed by atoms with Crippen LogP contribution in [0, 0.1) is 11.8 Å². The zero-order chi connectivity index (χ0) is 13.8. The lowest BCUT2D eigenvalue weighted by molar-refractivity contribution is 0.131. The van der Waals surface area contributed by atoms with Gasteiger partial charge in [0.1, 0.15) is 0 Å². The zero-order valence-corrected chi connectivity index (χ0v) is 12.9. The smallest absolute Gasteiger partial charge is 0.0462 e. The molecule has 0 spiro atoms. The van der Waals surface area contributed by atoms with Crippen molar-refractivity contribution in [2.24, 2.45) is 11.8 Å². The van der Waals surface area contributed by atoms with E-state index >= 15 is 0 Å². The largest absolute Gasteiger partial charge is 0.396 e. The number of rotatable bonds is 4. The molecule has 20 heavy (non-hydrogen) atoms. The van der Waals surface area contributed by atoms with Gasteiger partial charge < -0.3 is 10.4 Å². The van der Waals surface area contributed by atoms with Gasteiger partial charge in [-0.15, -0.1) is 0 Å². The molecule has 0 amide bonds. The summed E-state index contributed by atoms with van der Waals surface area (Å²) in [5, 5.41) is 13.3. The van der Waals surface area contributed by atoms with Crippen LogP contribution in [-0.2, 0) is 5.75 Å². The molecule has 3 unspecified atom stereocenters. The minimum atomic E-state index is 0.363. The Morgan fingerprint density at radius 3 is 2.80 bits per heavy atom. The molecule has 1 heterocycles. The van der Waals surface area contributed by atoms with E-state index in [2.05, 4.69) is 29.6 Å². The molecule has 1 aromatic carbocycles. The molecule has 2 N–H and O–H groups in total. The highest BCUT2D eigenvalue weighted by molar-refractivity contribution is 7.98. The number of benzene rings is 1. The Hall–Kier alpha value is -0.510. The highest BCUT2D eigenvalue weighted by Crippen LogP contribution is 2.33. The van der Waals surface area contributed by atoms with E-state index in [4.69, 9.17) is 0 Å². The first-order valence-corrected chi connectivity index (χ1v) is 9.03. The second kappa shape index (κ2) is 6.97. The molecule has 1 fully saturated rings. The van der Waals surface area contributed by atoms with Gasteiger partial charge in [0, 0.05) is 24.2 Å². The lowest BCUT2D eigenvalue weighted by Gasteiger charge is -2.33. The molecule has 3 atom stereocenters. The van der Waals surface area contributed by atoms with Gasteiger partial charge >= 0.3 is 0 Å². The molecular weight excluding hydrogens is 266 g/mol. The molecule has 0 bridgehead atoms. The molecule has 0 saturated heterocycles. The van der Waals surface area contributed by atoms with Gasteiger partial charge in [-0.05, 0) is 42.3 Å². The van der Waals surface area contributed by atoms with Gasteiger partial charge in [0.2, 0.25) is 0 Å².